The minimum Gasteiger partial charge on any atom is -0.410 e. The summed E-state index contributed by atoms with van der Waals surface area (Å²) in [6.45, 7) is 0. The Bertz CT molecular complexity index is 1140. The number of cyclic esters (lactones) is 1. The van der Waals surface area contributed by atoms with Crippen molar-refractivity contribution in [3.63, 3.8) is 0 Å². The SMILES string of the molecule is O=C1OC(c2ccc([N+](=O)[O-])cc2)=CC(c2cccs2)N1c1ccc([N+](=O)[O-])cc1. The molecule has 4 rings (SSSR count). The number of hydrogen-bond donors (Lipinski definition) is 0. The second kappa shape index (κ2) is 7.76. The van der Waals surface area contributed by atoms with Crippen LogP contribution in [0.3, 0.4) is 0 Å². The third-order valence-corrected chi connectivity index (χ3v) is 5.46. The zero-order valence-electron chi connectivity index (χ0n) is 15.2. The number of carbonyl (C=O) groups excluding carboxylic acids is 1. The van der Waals surface area contributed by atoms with E-state index >= 15 is 0 Å². The summed E-state index contributed by atoms with van der Waals surface area (Å²) in [7, 11) is 0. The molecule has 0 spiro atoms. The summed E-state index contributed by atoms with van der Waals surface area (Å²) in [5.41, 5.74) is 0.824. The number of nitro groups is 2. The van der Waals surface area contributed by atoms with Gasteiger partial charge in [0.15, 0.2) is 0 Å². The molecule has 1 atom stereocenters. The normalized spacial score (nSPS) is 16.0. The van der Waals surface area contributed by atoms with Crippen LogP contribution in [0.2, 0.25) is 0 Å². The first-order chi connectivity index (χ1) is 14.4. The maximum absolute atomic E-state index is 12.9. The largest absolute Gasteiger partial charge is 0.420 e. The summed E-state index contributed by atoms with van der Waals surface area (Å²) in [5.74, 6) is 0.284. The lowest BCUT2D eigenvalue weighted by Crippen LogP contribution is -2.37. The van der Waals surface area contributed by atoms with Gasteiger partial charge in [0.05, 0.1) is 15.9 Å². The van der Waals surface area contributed by atoms with Gasteiger partial charge < -0.3 is 4.74 Å². The molecule has 0 N–H and O–H groups in total. The summed E-state index contributed by atoms with van der Waals surface area (Å²) in [6, 6.07) is 14.6. The summed E-state index contributed by atoms with van der Waals surface area (Å²) in [6.07, 6.45) is 1.09. The minimum atomic E-state index is -0.655. The molecule has 0 saturated carbocycles. The number of hydrogen-bond acceptors (Lipinski definition) is 7. The number of ether oxygens (including phenoxy) is 1. The Morgan fingerprint density at radius 3 is 2.03 bits per heavy atom. The number of benzene rings is 2. The first-order valence-electron chi connectivity index (χ1n) is 8.69. The van der Waals surface area contributed by atoms with Crippen LogP contribution < -0.4 is 4.90 Å². The highest BCUT2D eigenvalue weighted by molar-refractivity contribution is 7.10. The predicted molar refractivity (Wildman–Crippen MR) is 110 cm³/mol. The van der Waals surface area contributed by atoms with Gasteiger partial charge in [-0.15, -0.1) is 11.3 Å². The van der Waals surface area contributed by atoms with E-state index in [1.54, 1.807) is 6.08 Å². The highest BCUT2D eigenvalue weighted by atomic mass is 32.1. The predicted octanol–water partition coefficient (Wildman–Crippen LogP) is 5.30. The van der Waals surface area contributed by atoms with E-state index in [0.717, 1.165) is 4.88 Å². The monoisotopic (exact) mass is 423 g/mol. The molecule has 9 nitrogen and oxygen atoms in total. The fraction of sp³-hybridized carbons (Fsp3) is 0.0500. The maximum Gasteiger partial charge on any atom is 0.420 e. The second-order valence-corrected chi connectivity index (χ2v) is 7.29. The first-order valence-corrected chi connectivity index (χ1v) is 9.57. The van der Waals surface area contributed by atoms with Crippen LogP contribution in [0.1, 0.15) is 16.5 Å². The number of nitro benzene ring substituents is 2. The average Bonchev–Trinajstić information content (AvgIpc) is 3.28. The van der Waals surface area contributed by atoms with Crippen molar-refractivity contribution < 1.29 is 19.4 Å². The zero-order chi connectivity index (χ0) is 21.3. The molecule has 150 valence electrons. The Morgan fingerprint density at radius 2 is 1.50 bits per heavy atom. The number of thiophene rings is 1. The summed E-state index contributed by atoms with van der Waals surface area (Å²) in [4.78, 5) is 36.0. The van der Waals surface area contributed by atoms with Gasteiger partial charge in [0.2, 0.25) is 0 Å². The number of carbonyl (C=O) groups is 1. The van der Waals surface area contributed by atoms with E-state index in [-0.39, 0.29) is 17.1 Å². The van der Waals surface area contributed by atoms with Gasteiger partial charge in [-0.2, -0.15) is 0 Å². The molecule has 1 aliphatic heterocycles. The number of nitrogens with zero attached hydrogens (tertiary/aromatic N) is 3. The lowest BCUT2D eigenvalue weighted by atomic mass is 10.1. The van der Waals surface area contributed by atoms with Crippen molar-refractivity contribution in [2.24, 2.45) is 0 Å². The number of non-ortho nitro benzene ring substituents is 2. The molecule has 1 aromatic heterocycles. The molecule has 1 unspecified atom stereocenters. The maximum atomic E-state index is 12.9. The van der Waals surface area contributed by atoms with Crippen molar-refractivity contribution in [2.75, 3.05) is 4.90 Å². The van der Waals surface area contributed by atoms with E-state index in [0.29, 0.717) is 11.3 Å². The Morgan fingerprint density at radius 1 is 0.900 bits per heavy atom. The van der Waals surface area contributed by atoms with Gasteiger partial charge in [-0.05, 0) is 41.8 Å². The van der Waals surface area contributed by atoms with Crippen molar-refractivity contribution in [1.82, 2.24) is 0 Å². The Hall–Kier alpha value is -4.05. The van der Waals surface area contributed by atoms with Gasteiger partial charge in [-0.3, -0.25) is 25.1 Å². The Kier molecular flexibility index (Phi) is 4.98. The van der Waals surface area contributed by atoms with E-state index in [1.165, 1.54) is 64.8 Å². The van der Waals surface area contributed by atoms with E-state index in [9.17, 15) is 25.0 Å². The van der Waals surface area contributed by atoms with Gasteiger partial charge in [0.1, 0.15) is 5.76 Å². The lowest BCUT2D eigenvalue weighted by molar-refractivity contribution is -0.385. The van der Waals surface area contributed by atoms with E-state index in [2.05, 4.69) is 0 Å². The number of anilines is 1. The minimum absolute atomic E-state index is 0.0659. The molecule has 3 aromatic rings. The Labute approximate surface area is 173 Å². The van der Waals surface area contributed by atoms with Crippen LogP contribution in [0.5, 0.6) is 0 Å². The van der Waals surface area contributed by atoms with Crippen LogP contribution in [0.15, 0.2) is 72.1 Å². The quantitative estimate of drug-likeness (QED) is 0.406. The van der Waals surface area contributed by atoms with Crippen molar-refractivity contribution in [1.29, 1.82) is 0 Å². The second-order valence-electron chi connectivity index (χ2n) is 6.31. The molecular weight excluding hydrogens is 410 g/mol. The molecule has 0 radical (unpaired) electrons. The summed E-state index contributed by atoms with van der Waals surface area (Å²) in [5, 5.41) is 23.7. The first kappa shape index (κ1) is 19.3. The fourth-order valence-electron chi connectivity index (χ4n) is 3.08. The van der Waals surface area contributed by atoms with Crippen molar-refractivity contribution in [3.8, 4) is 0 Å². The standard InChI is InChI=1S/C20H13N3O6S/c24-20-21(14-7-9-16(10-8-14)23(27)28)17(19-2-1-11-30-19)12-18(29-20)13-3-5-15(6-4-13)22(25)26/h1-12,17H. The third-order valence-electron chi connectivity index (χ3n) is 4.52. The molecule has 0 saturated heterocycles. The van der Waals surface area contributed by atoms with Crippen molar-refractivity contribution in [3.05, 3.63) is 103 Å². The van der Waals surface area contributed by atoms with Crippen LogP contribution in [0.4, 0.5) is 21.9 Å². The molecule has 30 heavy (non-hydrogen) atoms. The van der Waals surface area contributed by atoms with Gasteiger partial charge >= 0.3 is 6.09 Å². The highest BCUT2D eigenvalue weighted by Crippen LogP contribution is 2.38. The molecule has 1 aliphatic rings. The smallest absolute Gasteiger partial charge is 0.410 e. The summed E-state index contributed by atoms with van der Waals surface area (Å²) < 4.78 is 5.49. The molecule has 0 bridgehead atoms. The lowest BCUT2D eigenvalue weighted by Gasteiger charge is -2.33. The van der Waals surface area contributed by atoms with E-state index < -0.39 is 22.0 Å². The number of amides is 1. The van der Waals surface area contributed by atoms with Crippen molar-refractivity contribution >= 4 is 40.3 Å². The van der Waals surface area contributed by atoms with Crippen LogP contribution in [-0.4, -0.2) is 15.9 Å². The van der Waals surface area contributed by atoms with Crippen LogP contribution in [-0.2, 0) is 4.74 Å². The molecule has 0 fully saturated rings. The summed E-state index contributed by atoms with van der Waals surface area (Å²) >= 11 is 1.45. The third kappa shape index (κ3) is 3.63. The topological polar surface area (TPSA) is 116 Å². The average molecular weight is 423 g/mol. The van der Waals surface area contributed by atoms with Gasteiger partial charge in [0.25, 0.3) is 11.4 Å². The van der Waals surface area contributed by atoms with Crippen LogP contribution in [0.25, 0.3) is 5.76 Å². The molecule has 2 heterocycles. The number of rotatable bonds is 5. The molecule has 0 aliphatic carbocycles. The molecule has 10 heteroatoms. The van der Waals surface area contributed by atoms with Crippen molar-refractivity contribution in [2.45, 2.75) is 6.04 Å². The van der Waals surface area contributed by atoms with E-state index in [4.69, 9.17) is 4.74 Å². The van der Waals surface area contributed by atoms with E-state index in [1.807, 2.05) is 17.5 Å². The highest BCUT2D eigenvalue weighted by Gasteiger charge is 2.34. The fourth-order valence-corrected chi connectivity index (χ4v) is 3.87. The van der Waals surface area contributed by atoms with Crippen LogP contribution in [0, 0.1) is 20.2 Å². The molecule has 2 aromatic carbocycles. The van der Waals surface area contributed by atoms with Crippen LogP contribution >= 0.6 is 11.3 Å². The van der Waals surface area contributed by atoms with Gasteiger partial charge in [-0.1, -0.05) is 6.07 Å². The molecule has 1 amide bonds. The van der Waals surface area contributed by atoms with Gasteiger partial charge in [0, 0.05) is 40.4 Å². The zero-order valence-corrected chi connectivity index (χ0v) is 16.0. The molecular formula is C20H13N3O6S. The Balaban J connectivity index is 1.74. The van der Waals surface area contributed by atoms with Gasteiger partial charge in [-0.25, -0.2) is 4.79 Å².